The molecule has 0 aromatic rings. The molecule has 0 aliphatic heterocycles. The fraction of sp³-hybridized carbons (Fsp3) is 0.725. The summed E-state index contributed by atoms with van der Waals surface area (Å²) in [6, 6.07) is 0. The van der Waals surface area contributed by atoms with Crippen LogP contribution in [0.25, 0.3) is 0 Å². The average molecular weight is 1040 g/mol. The van der Waals surface area contributed by atoms with E-state index in [9.17, 15) is 14.4 Å². The molecule has 0 saturated carbocycles. The minimum absolute atomic E-state index is 0.0796. The zero-order chi connectivity index (χ0) is 54.3. The van der Waals surface area contributed by atoms with E-state index >= 15 is 0 Å². The lowest BCUT2D eigenvalue weighted by molar-refractivity contribution is -0.167. The second kappa shape index (κ2) is 62.9. The van der Waals surface area contributed by atoms with Crippen LogP contribution in [0, 0.1) is 0 Å². The minimum Gasteiger partial charge on any atom is -0.462 e. The van der Waals surface area contributed by atoms with Crippen molar-refractivity contribution in [3.8, 4) is 0 Å². The second-order valence-corrected chi connectivity index (χ2v) is 20.9. The van der Waals surface area contributed by atoms with Crippen LogP contribution >= 0.6 is 0 Å². The molecule has 6 heteroatoms. The summed E-state index contributed by atoms with van der Waals surface area (Å²) < 4.78 is 16.8. The molecule has 0 heterocycles. The van der Waals surface area contributed by atoms with Crippen LogP contribution in [-0.2, 0) is 28.6 Å². The molecule has 0 spiro atoms. The van der Waals surface area contributed by atoms with Gasteiger partial charge in [-0.25, -0.2) is 0 Å². The number of carbonyl (C=O) groups excluding carboxylic acids is 3. The lowest BCUT2D eigenvalue weighted by atomic mass is 10.0. The summed E-state index contributed by atoms with van der Waals surface area (Å²) in [6.45, 7) is 6.48. The third-order valence-electron chi connectivity index (χ3n) is 13.6. The highest BCUT2D eigenvalue weighted by atomic mass is 16.6. The first-order valence-electron chi connectivity index (χ1n) is 31.7. The van der Waals surface area contributed by atoms with Crippen LogP contribution in [0.3, 0.4) is 0 Å². The van der Waals surface area contributed by atoms with E-state index in [0.717, 1.165) is 122 Å². The van der Waals surface area contributed by atoms with Gasteiger partial charge in [0.2, 0.25) is 0 Å². The zero-order valence-corrected chi connectivity index (χ0v) is 49.3. The predicted octanol–water partition coefficient (Wildman–Crippen LogP) is 21.7. The molecular formula is C69H118O6. The lowest BCUT2D eigenvalue weighted by Gasteiger charge is -2.18. The van der Waals surface area contributed by atoms with Crippen molar-refractivity contribution in [3.63, 3.8) is 0 Å². The molecule has 0 aromatic heterocycles. The molecule has 0 saturated heterocycles. The summed E-state index contributed by atoms with van der Waals surface area (Å²) in [4.78, 5) is 38.1. The molecule has 430 valence electrons. The highest BCUT2D eigenvalue weighted by Crippen LogP contribution is 2.16. The summed E-state index contributed by atoms with van der Waals surface area (Å²) in [5.74, 6) is -0.889. The van der Waals surface area contributed by atoms with E-state index in [4.69, 9.17) is 14.2 Å². The molecule has 0 aromatic carbocycles. The van der Waals surface area contributed by atoms with Crippen molar-refractivity contribution in [2.75, 3.05) is 13.2 Å². The Morgan fingerprint density at radius 2 is 0.520 bits per heavy atom. The molecule has 75 heavy (non-hydrogen) atoms. The van der Waals surface area contributed by atoms with Gasteiger partial charge in [-0.2, -0.15) is 0 Å². The van der Waals surface area contributed by atoms with E-state index in [1.54, 1.807) is 0 Å². The molecule has 0 aliphatic rings. The molecule has 0 radical (unpaired) electrons. The SMILES string of the molecule is CC/C=C\C/C=C\C/C=C\C/C=C\C/C=C\C/C=C\CCCCCCCCCCCCCCCCC(=O)OCC(COC(=O)CCCCCCCCCCC)OC(=O)CCCCCCC/C=C\C/C=C\CCCCC. The first kappa shape index (κ1) is 71.3. The Balaban J connectivity index is 4.11. The molecular weight excluding hydrogens is 925 g/mol. The van der Waals surface area contributed by atoms with Gasteiger partial charge in [0.1, 0.15) is 13.2 Å². The number of rotatable bonds is 57. The van der Waals surface area contributed by atoms with Crippen LogP contribution in [0.1, 0.15) is 303 Å². The van der Waals surface area contributed by atoms with Crippen molar-refractivity contribution >= 4 is 17.9 Å². The first-order valence-corrected chi connectivity index (χ1v) is 31.7. The van der Waals surface area contributed by atoms with Crippen LogP contribution in [0.2, 0.25) is 0 Å². The van der Waals surface area contributed by atoms with E-state index in [1.165, 1.54) is 141 Å². The molecule has 0 aliphatic carbocycles. The summed E-state index contributed by atoms with van der Waals surface area (Å²) in [6.07, 6.45) is 84.3. The highest BCUT2D eigenvalue weighted by molar-refractivity contribution is 5.71. The van der Waals surface area contributed by atoms with Crippen molar-refractivity contribution in [2.24, 2.45) is 0 Å². The first-order chi connectivity index (χ1) is 37.0. The maximum absolute atomic E-state index is 12.8. The monoisotopic (exact) mass is 1040 g/mol. The van der Waals surface area contributed by atoms with Crippen LogP contribution in [0.4, 0.5) is 0 Å². The smallest absolute Gasteiger partial charge is 0.306 e. The molecule has 6 nitrogen and oxygen atoms in total. The van der Waals surface area contributed by atoms with E-state index in [-0.39, 0.29) is 31.1 Å². The maximum Gasteiger partial charge on any atom is 0.306 e. The summed E-state index contributed by atoms with van der Waals surface area (Å²) in [7, 11) is 0. The van der Waals surface area contributed by atoms with E-state index in [0.29, 0.717) is 19.3 Å². The number of allylic oxidation sites excluding steroid dienone is 16. The molecule has 0 rings (SSSR count). The van der Waals surface area contributed by atoms with Crippen molar-refractivity contribution in [2.45, 2.75) is 309 Å². The molecule has 0 fully saturated rings. The van der Waals surface area contributed by atoms with Gasteiger partial charge in [-0.1, -0.05) is 279 Å². The van der Waals surface area contributed by atoms with Crippen LogP contribution in [0.5, 0.6) is 0 Å². The molecule has 0 N–H and O–H groups in total. The second-order valence-electron chi connectivity index (χ2n) is 20.9. The third-order valence-corrected chi connectivity index (χ3v) is 13.6. The quantitative estimate of drug-likeness (QED) is 0.0261. The molecule has 1 atom stereocenters. The van der Waals surface area contributed by atoms with Gasteiger partial charge >= 0.3 is 17.9 Å². The Morgan fingerprint density at radius 3 is 0.840 bits per heavy atom. The molecule has 1 unspecified atom stereocenters. The average Bonchev–Trinajstić information content (AvgIpc) is 3.41. The summed E-state index contributed by atoms with van der Waals surface area (Å²) >= 11 is 0. The number of carbonyl (C=O) groups is 3. The van der Waals surface area contributed by atoms with Crippen molar-refractivity contribution in [1.29, 1.82) is 0 Å². The Bertz CT molecular complexity index is 1480. The number of hydrogen-bond donors (Lipinski definition) is 0. The Labute approximate surface area is 464 Å². The van der Waals surface area contributed by atoms with Gasteiger partial charge in [0.05, 0.1) is 0 Å². The Hall–Kier alpha value is -3.67. The topological polar surface area (TPSA) is 78.9 Å². The van der Waals surface area contributed by atoms with Crippen LogP contribution < -0.4 is 0 Å². The van der Waals surface area contributed by atoms with Crippen LogP contribution in [-0.4, -0.2) is 37.2 Å². The number of hydrogen-bond acceptors (Lipinski definition) is 6. The normalized spacial score (nSPS) is 12.7. The lowest BCUT2D eigenvalue weighted by Crippen LogP contribution is -2.30. The van der Waals surface area contributed by atoms with Crippen molar-refractivity contribution in [1.82, 2.24) is 0 Å². The van der Waals surface area contributed by atoms with Gasteiger partial charge in [0.15, 0.2) is 6.10 Å². The maximum atomic E-state index is 12.8. The highest BCUT2D eigenvalue weighted by Gasteiger charge is 2.19. The fourth-order valence-corrected chi connectivity index (χ4v) is 8.83. The zero-order valence-electron chi connectivity index (χ0n) is 49.3. The minimum atomic E-state index is -0.781. The number of esters is 3. The summed E-state index contributed by atoms with van der Waals surface area (Å²) in [5, 5.41) is 0. The third kappa shape index (κ3) is 61.1. The van der Waals surface area contributed by atoms with Crippen molar-refractivity contribution < 1.29 is 28.6 Å². The largest absolute Gasteiger partial charge is 0.462 e. The van der Waals surface area contributed by atoms with Gasteiger partial charge < -0.3 is 14.2 Å². The predicted molar refractivity (Wildman–Crippen MR) is 325 cm³/mol. The van der Waals surface area contributed by atoms with E-state index in [1.807, 2.05) is 0 Å². The van der Waals surface area contributed by atoms with Crippen molar-refractivity contribution in [3.05, 3.63) is 97.2 Å². The standard InChI is InChI=1S/C69H118O6/c1-4-7-10-13-16-19-21-23-25-26-27-28-29-30-31-32-33-34-35-36-37-38-39-40-41-42-44-45-47-50-53-56-59-62-68(71)74-65-66(64-73-67(70)61-58-55-52-49-18-15-12-9-6-3)75-69(72)63-60-57-54-51-48-46-43-24-22-20-17-14-11-8-5-2/h7,10,16-17,19-20,23-25,27-28,30-31,33-34,43,66H,4-6,8-9,11-15,18,21-22,26,29,32,35-42,44-65H2,1-3H3/b10-7-,19-16-,20-17-,25-23-,28-27-,31-30-,34-33-,43-24-. The van der Waals surface area contributed by atoms with Gasteiger partial charge in [-0.15, -0.1) is 0 Å². The van der Waals surface area contributed by atoms with Gasteiger partial charge in [0, 0.05) is 19.3 Å². The van der Waals surface area contributed by atoms with Gasteiger partial charge in [-0.3, -0.25) is 14.4 Å². The Kier molecular flexibility index (Phi) is 59.8. The summed E-state index contributed by atoms with van der Waals surface area (Å²) in [5.41, 5.74) is 0. The van der Waals surface area contributed by atoms with E-state index < -0.39 is 6.10 Å². The van der Waals surface area contributed by atoms with Gasteiger partial charge in [-0.05, 0) is 103 Å². The van der Waals surface area contributed by atoms with E-state index in [2.05, 4.69) is 118 Å². The number of unbranched alkanes of at least 4 members (excludes halogenated alkanes) is 30. The molecule has 0 amide bonds. The molecule has 0 bridgehead atoms. The van der Waals surface area contributed by atoms with Gasteiger partial charge in [0.25, 0.3) is 0 Å². The Morgan fingerprint density at radius 1 is 0.280 bits per heavy atom. The fourth-order valence-electron chi connectivity index (χ4n) is 8.83. The van der Waals surface area contributed by atoms with Crippen LogP contribution in [0.15, 0.2) is 97.2 Å². The number of ether oxygens (including phenoxy) is 3.